The van der Waals surface area contributed by atoms with Gasteiger partial charge in [0.2, 0.25) is 11.8 Å². The lowest BCUT2D eigenvalue weighted by Crippen LogP contribution is -2.57. The summed E-state index contributed by atoms with van der Waals surface area (Å²) in [7, 11) is 0. The van der Waals surface area contributed by atoms with Gasteiger partial charge in [0.15, 0.2) is 5.96 Å². The number of hydrogen-bond donors (Lipinski definition) is 3. The first kappa shape index (κ1) is 11.9. The molecule has 94 valence electrons. The van der Waals surface area contributed by atoms with Crippen LogP contribution in [0.5, 0.6) is 0 Å². The van der Waals surface area contributed by atoms with Crippen molar-refractivity contribution in [3.05, 3.63) is 0 Å². The lowest BCUT2D eigenvalue weighted by Gasteiger charge is -2.31. The Morgan fingerprint density at radius 2 is 2.18 bits per heavy atom. The fourth-order valence-electron chi connectivity index (χ4n) is 1.82. The highest BCUT2D eigenvalue weighted by Crippen LogP contribution is 2.16. The van der Waals surface area contributed by atoms with E-state index in [1.165, 1.54) is 0 Å². The van der Waals surface area contributed by atoms with Gasteiger partial charge in [0.05, 0.1) is 0 Å². The summed E-state index contributed by atoms with van der Waals surface area (Å²) in [6.45, 7) is 5.82. The molecule has 2 aliphatic heterocycles. The van der Waals surface area contributed by atoms with E-state index < -0.39 is 0 Å². The number of amides is 2. The van der Waals surface area contributed by atoms with Crippen LogP contribution in [0.25, 0.3) is 0 Å². The zero-order valence-corrected chi connectivity index (χ0v) is 10.2. The Morgan fingerprint density at radius 1 is 1.41 bits per heavy atom. The summed E-state index contributed by atoms with van der Waals surface area (Å²) in [5, 5.41) is 8.51. The minimum absolute atomic E-state index is 0.149. The van der Waals surface area contributed by atoms with E-state index >= 15 is 0 Å². The number of rotatable bonds is 1. The van der Waals surface area contributed by atoms with E-state index in [1.54, 1.807) is 0 Å². The quantitative estimate of drug-likeness (QED) is 0.531. The van der Waals surface area contributed by atoms with E-state index in [0.29, 0.717) is 18.8 Å². The molecule has 0 bridgehead atoms. The van der Waals surface area contributed by atoms with Crippen LogP contribution in [-0.2, 0) is 9.59 Å². The fourth-order valence-corrected chi connectivity index (χ4v) is 1.82. The van der Waals surface area contributed by atoms with Crippen LogP contribution < -0.4 is 16.0 Å². The molecular weight excluding hydrogens is 220 g/mol. The minimum atomic E-state index is -0.361. The van der Waals surface area contributed by atoms with E-state index in [9.17, 15) is 9.59 Å². The summed E-state index contributed by atoms with van der Waals surface area (Å²) >= 11 is 0. The standard InChI is InChI=1S/C11H18N4O2/c1-11(2)5-12-10(13-6-11)14-7-3-4-8(16)15-9(7)17/h7H,3-6H2,1-2H3,(H2,12,13,14)(H,15,16,17). The molecule has 0 spiro atoms. The van der Waals surface area contributed by atoms with Gasteiger partial charge in [-0.1, -0.05) is 13.8 Å². The predicted octanol–water partition coefficient (Wildman–Crippen LogP) is -0.633. The highest BCUT2D eigenvalue weighted by Gasteiger charge is 2.29. The lowest BCUT2D eigenvalue weighted by atomic mass is 9.93. The average molecular weight is 238 g/mol. The zero-order chi connectivity index (χ0) is 12.5. The normalized spacial score (nSPS) is 27.9. The summed E-state index contributed by atoms with van der Waals surface area (Å²) in [6.07, 6.45) is 0.900. The minimum Gasteiger partial charge on any atom is -0.356 e. The number of piperidine rings is 1. The lowest BCUT2D eigenvalue weighted by molar-refractivity contribution is -0.134. The van der Waals surface area contributed by atoms with E-state index in [4.69, 9.17) is 0 Å². The van der Waals surface area contributed by atoms with Gasteiger partial charge < -0.3 is 10.6 Å². The number of guanidine groups is 1. The second kappa shape index (κ2) is 4.35. The van der Waals surface area contributed by atoms with E-state index in [2.05, 4.69) is 34.8 Å². The second-order valence-corrected chi connectivity index (χ2v) is 5.33. The molecule has 1 fully saturated rings. The van der Waals surface area contributed by atoms with Crippen LogP contribution in [-0.4, -0.2) is 36.9 Å². The van der Waals surface area contributed by atoms with Crippen LogP contribution in [0.15, 0.2) is 4.99 Å². The topological polar surface area (TPSA) is 82.6 Å². The first-order valence-electron chi connectivity index (χ1n) is 5.85. The summed E-state index contributed by atoms with van der Waals surface area (Å²) in [5.74, 6) is 0.183. The molecule has 1 unspecified atom stereocenters. The second-order valence-electron chi connectivity index (χ2n) is 5.33. The molecule has 3 N–H and O–H groups in total. The third-order valence-corrected chi connectivity index (χ3v) is 2.95. The zero-order valence-electron chi connectivity index (χ0n) is 10.2. The monoisotopic (exact) mass is 238 g/mol. The molecule has 0 aromatic carbocycles. The van der Waals surface area contributed by atoms with Crippen molar-refractivity contribution in [2.45, 2.75) is 32.7 Å². The maximum atomic E-state index is 11.5. The van der Waals surface area contributed by atoms with Crippen molar-refractivity contribution < 1.29 is 9.59 Å². The van der Waals surface area contributed by atoms with Crippen molar-refractivity contribution in [3.8, 4) is 0 Å². The van der Waals surface area contributed by atoms with Gasteiger partial charge >= 0.3 is 0 Å². The molecule has 6 heteroatoms. The van der Waals surface area contributed by atoms with Crippen molar-refractivity contribution in [3.63, 3.8) is 0 Å². The highest BCUT2D eigenvalue weighted by molar-refractivity contribution is 6.01. The van der Waals surface area contributed by atoms with Crippen LogP contribution in [0.2, 0.25) is 0 Å². The molecule has 6 nitrogen and oxygen atoms in total. The summed E-state index contributed by atoms with van der Waals surface area (Å²) < 4.78 is 0. The molecule has 0 aromatic rings. The number of nitrogens with one attached hydrogen (secondary N) is 3. The molecule has 2 rings (SSSR count). The van der Waals surface area contributed by atoms with Crippen molar-refractivity contribution in [2.24, 2.45) is 10.4 Å². The molecule has 2 aliphatic rings. The molecular formula is C11H18N4O2. The molecule has 1 atom stereocenters. The average Bonchev–Trinajstić information content (AvgIpc) is 2.25. The van der Waals surface area contributed by atoms with Gasteiger partial charge in [-0.3, -0.25) is 19.9 Å². The molecule has 0 saturated carbocycles. The molecule has 2 heterocycles. The summed E-state index contributed by atoms with van der Waals surface area (Å²) in [4.78, 5) is 26.9. The van der Waals surface area contributed by atoms with Crippen LogP contribution in [0.4, 0.5) is 0 Å². The number of aliphatic imine (C=N–C) groups is 1. The van der Waals surface area contributed by atoms with Gasteiger partial charge in [0, 0.05) is 24.9 Å². The maximum Gasteiger partial charge on any atom is 0.249 e. The maximum absolute atomic E-state index is 11.5. The van der Waals surface area contributed by atoms with Crippen molar-refractivity contribution in [2.75, 3.05) is 13.1 Å². The van der Waals surface area contributed by atoms with Crippen molar-refractivity contribution in [1.82, 2.24) is 16.0 Å². The third kappa shape index (κ3) is 2.95. The number of nitrogens with zero attached hydrogens (tertiary/aromatic N) is 1. The van der Waals surface area contributed by atoms with Crippen molar-refractivity contribution >= 4 is 17.8 Å². The molecule has 2 amide bonds. The van der Waals surface area contributed by atoms with Gasteiger partial charge in [0.1, 0.15) is 6.04 Å². The Kier molecular flexibility index (Phi) is 3.04. The van der Waals surface area contributed by atoms with Gasteiger partial charge in [-0.15, -0.1) is 0 Å². The number of carbonyl (C=O) groups excluding carboxylic acids is 2. The molecule has 17 heavy (non-hydrogen) atoms. The molecule has 0 radical (unpaired) electrons. The number of carbonyl (C=O) groups is 2. The van der Waals surface area contributed by atoms with Gasteiger partial charge in [-0.05, 0) is 6.42 Å². The molecule has 0 aliphatic carbocycles. The third-order valence-electron chi connectivity index (χ3n) is 2.95. The van der Waals surface area contributed by atoms with E-state index in [1.807, 2.05) is 0 Å². The largest absolute Gasteiger partial charge is 0.356 e. The van der Waals surface area contributed by atoms with E-state index in [-0.39, 0.29) is 23.3 Å². The molecule has 1 saturated heterocycles. The Morgan fingerprint density at radius 3 is 2.76 bits per heavy atom. The summed E-state index contributed by atoms with van der Waals surface area (Å²) in [5.41, 5.74) is 0.149. The van der Waals surface area contributed by atoms with Gasteiger partial charge in [-0.2, -0.15) is 0 Å². The number of imide groups is 1. The number of hydrogen-bond acceptors (Lipinski definition) is 5. The first-order chi connectivity index (χ1) is 7.96. The Bertz CT molecular complexity index is 376. The smallest absolute Gasteiger partial charge is 0.249 e. The Balaban J connectivity index is 1.92. The highest BCUT2D eigenvalue weighted by atomic mass is 16.2. The SMILES string of the molecule is CC1(C)CN=C(NC2CCC(=O)NC2=O)NC1. The van der Waals surface area contributed by atoms with Gasteiger partial charge in [-0.25, -0.2) is 0 Å². The predicted molar refractivity (Wildman–Crippen MR) is 63.4 cm³/mol. The Hall–Kier alpha value is -1.59. The van der Waals surface area contributed by atoms with Crippen LogP contribution in [0.3, 0.4) is 0 Å². The fraction of sp³-hybridized carbons (Fsp3) is 0.727. The first-order valence-corrected chi connectivity index (χ1v) is 5.85. The van der Waals surface area contributed by atoms with Crippen molar-refractivity contribution in [1.29, 1.82) is 0 Å². The van der Waals surface area contributed by atoms with E-state index in [0.717, 1.165) is 13.1 Å². The summed E-state index contributed by atoms with van der Waals surface area (Å²) in [6, 6.07) is -0.361. The Labute approximate surface area is 100 Å². The van der Waals surface area contributed by atoms with Crippen LogP contribution >= 0.6 is 0 Å². The van der Waals surface area contributed by atoms with Crippen LogP contribution in [0.1, 0.15) is 26.7 Å². The van der Waals surface area contributed by atoms with Crippen LogP contribution in [0, 0.1) is 5.41 Å². The molecule has 0 aromatic heterocycles. The van der Waals surface area contributed by atoms with Gasteiger partial charge in [0.25, 0.3) is 0 Å².